The summed E-state index contributed by atoms with van der Waals surface area (Å²) in [6.07, 6.45) is 1.09. The minimum Gasteiger partial charge on any atom is -0.492 e. The summed E-state index contributed by atoms with van der Waals surface area (Å²) in [6.45, 7) is 12.7. The maximum absolute atomic E-state index is 5.86. The van der Waals surface area contributed by atoms with Gasteiger partial charge in [-0.25, -0.2) is 0 Å². The standard InChI is InChI=1S/C16H27NO/c1-6-14(17-7-2)11-18-15-8-9-16(12(3)4)13(5)10-15/h8-10,12,14,17H,6-7,11H2,1-5H3. The maximum Gasteiger partial charge on any atom is 0.119 e. The van der Waals surface area contributed by atoms with Crippen molar-refractivity contribution < 1.29 is 4.74 Å². The lowest BCUT2D eigenvalue weighted by Crippen LogP contribution is -2.33. The van der Waals surface area contributed by atoms with E-state index in [-0.39, 0.29) is 0 Å². The van der Waals surface area contributed by atoms with Gasteiger partial charge in [0.1, 0.15) is 12.4 Å². The molecule has 1 atom stereocenters. The van der Waals surface area contributed by atoms with E-state index in [4.69, 9.17) is 4.74 Å². The SMILES string of the molecule is CCNC(CC)COc1ccc(C(C)C)c(C)c1. The van der Waals surface area contributed by atoms with E-state index in [1.54, 1.807) is 0 Å². The molecule has 0 heterocycles. The normalized spacial score (nSPS) is 12.8. The molecule has 0 aliphatic carbocycles. The molecule has 0 aliphatic heterocycles. The van der Waals surface area contributed by atoms with Gasteiger partial charge in [-0.1, -0.05) is 33.8 Å². The first kappa shape index (κ1) is 15.0. The van der Waals surface area contributed by atoms with Crippen LogP contribution >= 0.6 is 0 Å². The molecule has 0 bridgehead atoms. The van der Waals surface area contributed by atoms with Crippen LogP contribution in [0.5, 0.6) is 5.75 Å². The summed E-state index contributed by atoms with van der Waals surface area (Å²) >= 11 is 0. The van der Waals surface area contributed by atoms with E-state index in [0.717, 1.165) is 25.3 Å². The Morgan fingerprint density at radius 2 is 1.94 bits per heavy atom. The molecule has 1 unspecified atom stereocenters. The molecule has 18 heavy (non-hydrogen) atoms. The van der Waals surface area contributed by atoms with Crippen molar-refractivity contribution in [2.45, 2.75) is 53.0 Å². The van der Waals surface area contributed by atoms with Crippen LogP contribution in [0.4, 0.5) is 0 Å². The van der Waals surface area contributed by atoms with Crippen LogP contribution in [0.15, 0.2) is 18.2 Å². The zero-order valence-corrected chi connectivity index (χ0v) is 12.4. The summed E-state index contributed by atoms with van der Waals surface area (Å²) in [6, 6.07) is 6.86. The molecule has 0 spiro atoms. The van der Waals surface area contributed by atoms with Gasteiger partial charge in [0.25, 0.3) is 0 Å². The van der Waals surface area contributed by atoms with Crippen LogP contribution < -0.4 is 10.1 Å². The predicted octanol–water partition coefficient (Wildman–Crippen LogP) is 3.89. The average Bonchev–Trinajstić information content (AvgIpc) is 2.34. The smallest absolute Gasteiger partial charge is 0.119 e. The highest BCUT2D eigenvalue weighted by molar-refractivity contribution is 5.36. The number of rotatable bonds is 7. The van der Waals surface area contributed by atoms with Crippen LogP contribution in [0.25, 0.3) is 0 Å². The minimum atomic E-state index is 0.445. The maximum atomic E-state index is 5.86. The molecule has 2 nitrogen and oxygen atoms in total. The number of benzene rings is 1. The molecule has 0 radical (unpaired) electrons. The number of aryl methyl sites for hydroxylation is 1. The molecule has 0 aromatic heterocycles. The number of hydrogen-bond acceptors (Lipinski definition) is 2. The Hall–Kier alpha value is -1.02. The fourth-order valence-corrected chi connectivity index (χ4v) is 2.19. The number of likely N-dealkylation sites (N-methyl/N-ethyl adjacent to an activating group) is 1. The van der Waals surface area contributed by atoms with Gasteiger partial charge in [0.2, 0.25) is 0 Å². The average molecular weight is 249 g/mol. The van der Waals surface area contributed by atoms with Crippen molar-refractivity contribution in [1.29, 1.82) is 0 Å². The molecule has 102 valence electrons. The lowest BCUT2D eigenvalue weighted by molar-refractivity contribution is 0.262. The highest BCUT2D eigenvalue weighted by atomic mass is 16.5. The first-order valence-corrected chi connectivity index (χ1v) is 7.05. The summed E-state index contributed by atoms with van der Waals surface area (Å²) in [7, 11) is 0. The zero-order chi connectivity index (χ0) is 13.5. The Morgan fingerprint density at radius 3 is 2.44 bits per heavy atom. The predicted molar refractivity (Wildman–Crippen MR) is 78.5 cm³/mol. The molecule has 1 aromatic rings. The van der Waals surface area contributed by atoms with Crippen molar-refractivity contribution in [3.05, 3.63) is 29.3 Å². The Morgan fingerprint density at radius 1 is 1.22 bits per heavy atom. The first-order chi connectivity index (χ1) is 8.58. The molecule has 0 fully saturated rings. The third-order valence-corrected chi connectivity index (χ3v) is 3.30. The van der Waals surface area contributed by atoms with Crippen molar-refractivity contribution in [3.63, 3.8) is 0 Å². The molecular weight excluding hydrogens is 222 g/mol. The molecule has 0 aliphatic rings. The molecule has 0 amide bonds. The monoisotopic (exact) mass is 249 g/mol. The van der Waals surface area contributed by atoms with Gasteiger partial charge in [-0.3, -0.25) is 0 Å². The van der Waals surface area contributed by atoms with E-state index in [0.29, 0.717) is 12.0 Å². The van der Waals surface area contributed by atoms with E-state index in [2.05, 4.69) is 58.1 Å². The summed E-state index contributed by atoms with van der Waals surface area (Å²) < 4.78 is 5.86. The Bertz CT molecular complexity index is 360. The molecule has 0 saturated heterocycles. The third-order valence-electron chi connectivity index (χ3n) is 3.30. The van der Waals surface area contributed by atoms with E-state index >= 15 is 0 Å². The Kier molecular flexibility index (Phi) is 6.20. The third kappa shape index (κ3) is 4.34. The highest BCUT2D eigenvalue weighted by Crippen LogP contribution is 2.23. The van der Waals surface area contributed by atoms with Crippen molar-refractivity contribution in [1.82, 2.24) is 5.32 Å². The van der Waals surface area contributed by atoms with Gasteiger partial charge >= 0.3 is 0 Å². The van der Waals surface area contributed by atoms with Crippen molar-refractivity contribution in [2.75, 3.05) is 13.2 Å². The lowest BCUT2D eigenvalue weighted by Gasteiger charge is -2.18. The minimum absolute atomic E-state index is 0.445. The van der Waals surface area contributed by atoms with Crippen molar-refractivity contribution >= 4 is 0 Å². The lowest BCUT2D eigenvalue weighted by atomic mass is 9.98. The number of nitrogens with one attached hydrogen (secondary N) is 1. The van der Waals surface area contributed by atoms with Crippen LogP contribution in [0.3, 0.4) is 0 Å². The first-order valence-electron chi connectivity index (χ1n) is 7.05. The van der Waals surface area contributed by atoms with Gasteiger partial charge in [0, 0.05) is 6.04 Å². The molecule has 2 heteroatoms. The van der Waals surface area contributed by atoms with E-state index in [1.165, 1.54) is 11.1 Å². The molecule has 1 N–H and O–H groups in total. The van der Waals surface area contributed by atoms with Crippen LogP contribution in [0.1, 0.15) is 51.2 Å². The quantitative estimate of drug-likeness (QED) is 0.791. The van der Waals surface area contributed by atoms with Gasteiger partial charge in [-0.15, -0.1) is 0 Å². The van der Waals surface area contributed by atoms with Crippen molar-refractivity contribution in [2.24, 2.45) is 0 Å². The van der Waals surface area contributed by atoms with Gasteiger partial charge in [-0.05, 0) is 49.1 Å². The zero-order valence-electron chi connectivity index (χ0n) is 12.4. The second-order valence-electron chi connectivity index (χ2n) is 5.15. The van der Waals surface area contributed by atoms with Crippen LogP contribution in [-0.2, 0) is 0 Å². The van der Waals surface area contributed by atoms with E-state index < -0.39 is 0 Å². The highest BCUT2D eigenvalue weighted by Gasteiger charge is 2.07. The van der Waals surface area contributed by atoms with Crippen molar-refractivity contribution in [3.8, 4) is 5.75 Å². The number of hydrogen-bond donors (Lipinski definition) is 1. The fraction of sp³-hybridized carbons (Fsp3) is 0.625. The topological polar surface area (TPSA) is 21.3 Å². The summed E-state index contributed by atoms with van der Waals surface area (Å²) in [4.78, 5) is 0. The summed E-state index contributed by atoms with van der Waals surface area (Å²) in [5.41, 5.74) is 2.72. The van der Waals surface area contributed by atoms with Gasteiger partial charge in [0.05, 0.1) is 0 Å². The summed E-state index contributed by atoms with van der Waals surface area (Å²) in [5, 5.41) is 3.42. The van der Waals surface area contributed by atoms with Gasteiger partial charge in [0.15, 0.2) is 0 Å². The van der Waals surface area contributed by atoms with E-state index in [1.807, 2.05) is 0 Å². The molecule has 1 rings (SSSR count). The van der Waals surface area contributed by atoms with Crippen LogP contribution in [-0.4, -0.2) is 19.2 Å². The molecule has 1 aromatic carbocycles. The second kappa shape index (κ2) is 7.42. The van der Waals surface area contributed by atoms with Gasteiger partial charge in [-0.2, -0.15) is 0 Å². The Balaban J connectivity index is 2.60. The van der Waals surface area contributed by atoms with E-state index in [9.17, 15) is 0 Å². The molecular formula is C16H27NO. The van der Waals surface area contributed by atoms with Gasteiger partial charge < -0.3 is 10.1 Å². The summed E-state index contributed by atoms with van der Waals surface area (Å²) in [5.74, 6) is 1.55. The second-order valence-corrected chi connectivity index (χ2v) is 5.15. The van der Waals surface area contributed by atoms with Crippen LogP contribution in [0.2, 0.25) is 0 Å². The number of ether oxygens (including phenoxy) is 1. The molecule has 0 saturated carbocycles. The largest absolute Gasteiger partial charge is 0.492 e. The fourth-order valence-electron chi connectivity index (χ4n) is 2.19. The Labute approximate surface area is 112 Å². The van der Waals surface area contributed by atoms with Crippen LogP contribution in [0, 0.1) is 6.92 Å².